The molecule has 2 N–H and O–H groups in total. The largest absolute Gasteiger partial charge is 0.481 e. The maximum atomic E-state index is 10.5. The van der Waals surface area contributed by atoms with Crippen molar-refractivity contribution in [2.45, 2.75) is 12.5 Å². The van der Waals surface area contributed by atoms with E-state index in [0.29, 0.717) is 16.4 Å². The van der Waals surface area contributed by atoms with E-state index in [0.717, 1.165) is 5.52 Å². The highest BCUT2D eigenvalue weighted by molar-refractivity contribution is 6.31. The lowest BCUT2D eigenvalue weighted by Gasteiger charge is -2.07. The third-order valence-electron chi connectivity index (χ3n) is 2.54. The van der Waals surface area contributed by atoms with Gasteiger partial charge in [-0.05, 0) is 18.2 Å². The van der Waals surface area contributed by atoms with Gasteiger partial charge in [-0.2, -0.15) is 0 Å². The minimum absolute atomic E-state index is 0.324. The van der Waals surface area contributed by atoms with Gasteiger partial charge in [-0.15, -0.1) is 0 Å². The molecule has 2 rings (SSSR count). The minimum Gasteiger partial charge on any atom is -0.481 e. The van der Waals surface area contributed by atoms with Crippen LogP contribution >= 0.6 is 11.6 Å². The number of carboxylic acid groups (broad SMARTS) is 1. The van der Waals surface area contributed by atoms with Crippen LogP contribution in [0, 0.1) is 0 Å². The van der Waals surface area contributed by atoms with Crippen molar-refractivity contribution >= 4 is 28.6 Å². The molecule has 0 spiro atoms. The van der Waals surface area contributed by atoms with E-state index in [4.69, 9.17) is 16.7 Å². The van der Waals surface area contributed by atoms with Crippen molar-refractivity contribution in [3.63, 3.8) is 0 Å². The van der Waals surface area contributed by atoms with E-state index in [1.54, 1.807) is 29.8 Å². The average molecular weight is 255 g/mol. The molecular weight excluding hydrogens is 244 g/mol. The first-order chi connectivity index (χ1) is 7.99. The summed E-state index contributed by atoms with van der Waals surface area (Å²) in [5.74, 6) is -0.743. The van der Waals surface area contributed by atoms with E-state index in [-0.39, 0.29) is 6.42 Å². The zero-order chi connectivity index (χ0) is 12.6. The second kappa shape index (κ2) is 4.35. The molecule has 2 aromatic rings. The molecule has 0 aliphatic carbocycles. The van der Waals surface area contributed by atoms with Crippen molar-refractivity contribution < 1.29 is 15.0 Å². The summed E-state index contributed by atoms with van der Waals surface area (Å²) in [4.78, 5) is 14.7. The van der Waals surface area contributed by atoms with Crippen LogP contribution in [0.1, 0.15) is 18.3 Å². The second-order valence-corrected chi connectivity index (χ2v) is 4.21. The molecule has 90 valence electrons. The van der Waals surface area contributed by atoms with Crippen LogP contribution < -0.4 is 0 Å². The van der Waals surface area contributed by atoms with E-state index in [1.165, 1.54) is 0 Å². The number of benzene rings is 1. The van der Waals surface area contributed by atoms with E-state index < -0.39 is 12.1 Å². The monoisotopic (exact) mass is 254 g/mol. The third kappa shape index (κ3) is 2.25. The third-order valence-corrected chi connectivity index (χ3v) is 2.78. The van der Waals surface area contributed by atoms with Crippen molar-refractivity contribution in [1.82, 2.24) is 9.55 Å². The molecule has 0 saturated heterocycles. The molecule has 1 aromatic carbocycles. The van der Waals surface area contributed by atoms with Gasteiger partial charge in [0.2, 0.25) is 0 Å². The lowest BCUT2D eigenvalue weighted by Crippen LogP contribution is -2.10. The van der Waals surface area contributed by atoms with Crippen molar-refractivity contribution in [3.8, 4) is 0 Å². The number of carbonyl (C=O) groups is 1. The van der Waals surface area contributed by atoms with Crippen LogP contribution in [0.2, 0.25) is 5.02 Å². The van der Waals surface area contributed by atoms with Gasteiger partial charge < -0.3 is 14.8 Å². The quantitative estimate of drug-likeness (QED) is 0.875. The highest BCUT2D eigenvalue weighted by atomic mass is 35.5. The van der Waals surface area contributed by atoms with Gasteiger partial charge in [0, 0.05) is 12.1 Å². The zero-order valence-corrected chi connectivity index (χ0v) is 9.85. The van der Waals surface area contributed by atoms with Crippen molar-refractivity contribution in [2.24, 2.45) is 7.05 Å². The lowest BCUT2D eigenvalue weighted by atomic mass is 10.2. The molecule has 0 amide bonds. The van der Waals surface area contributed by atoms with Gasteiger partial charge in [-0.3, -0.25) is 4.79 Å². The van der Waals surface area contributed by atoms with Gasteiger partial charge >= 0.3 is 5.97 Å². The molecule has 0 unspecified atom stereocenters. The summed E-state index contributed by atoms with van der Waals surface area (Å²) in [5, 5.41) is 18.9. The van der Waals surface area contributed by atoms with Crippen molar-refractivity contribution in [1.29, 1.82) is 0 Å². The summed E-state index contributed by atoms with van der Waals surface area (Å²) in [6.45, 7) is 0. The summed E-state index contributed by atoms with van der Waals surface area (Å²) in [6, 6.07) is 5.18. The number of aryl methyl sites for hydroxylation is 1. The van der Waals surface area contributed by atoms with Gasteiger partial charge in [-0.25, -0.2) is 4.98 Å². The van der Waals surface area contributed by atoms with Crippen LogP contribution in [0.3, 0.4) is 0 Å². The molecule has 0 aliphatic heterocycles. The van der Waals surface area contributed by atoms with E-state index in [2.05, 4.69) is 4.98 Å². The molecule has 0 saturated carbocycles. The van der Waals surface area contributed by atoms with Crippen LogP contribution in [0.4, 0.5) is 0 Å². The Balaban J connectivity index is 2.48. The smallest absolute Gasteiger partial charge is 0.306 e. The number of imidazole rings is 1. The summed E-state index contributed by atoms with van der Waals surface area (Å²) >= 11 is 5.84. The fourth-order valence-electron chi connectivity index (χ4n) is 1.75. The Kier molecular flexibility index (Phi) is 3.04. The number of fused-ring (bicyclic) bond motifs is 1. The van der Waals surface area contributed by atoms with Gasteiger partial charge in [0.1, 0.15) is 11.9 Å². The number of aliphatic hydroxyl groups is 1. The van der Waals surface area contributed by atoms with Crippen LogP contribution in [-0.4, -0.2) is 25.7 Å². The summed E-state index contributed by atoms with van der Waals surface area (Å²) in [5.41, 5.74) is 1.44. The Morgan fingerprint density at radius 3 is 2.94 bits per heavy atom. The molecular formula is C11H11ClN2O3. The van der Waals surface area contributed by atoms with Crippen LogP contribution in [0.5, 0.6) is 0 Å². The van der Waals surface area contributed by atoms with E-state index in [9.17, 15) is 9.90 Å². The Labute approximate surface area is 102 Å². The van der Waals surface area contributed by atoms with E-state index in [1.807, 2.05) is 0 Å². The first kappa shape index (κ1) is 11.9. The Hall–Kier alpha value is -1.59. The number of aromatic nitrogens is 2. The van der Waals surface area contributed by atoms with Crippen molar-refractivity contribution in [2.75, 3.05) is 0 Å². The zero-order valence-electron chi connectivity index (χ0n) is 9.09. The Bertz CT molecular complexity index is 579. The predicted molar refractivity (Wildman–Crippen MR) is 62.9 cm³/mol. The van der Waals surface area contributed by atoms with Crippen LogP contribution in [0.25, 0.3) is 11.0 Å². The lowest BCUT2D eigenvalue weighted by molar-refractivity contribution is -0.139. The van der Waals surface area contributed by atoms with Gasteiger partial charge in [0.25, 0.3) is 0 Å². The van der Waals surface area contributed by atoms with E-state index >= 15 is 0 Å². The predicted octanol–water partition coefficient (Wildman–Crippen LogP) is 1.73. The van der Waals surface area contributed by atoms with Gasteiger partial charge in [-0.1, -0.05) is 11.6 Å². The summed E-state index contributed by atoms with van der Waals surface area (Å²) < 4.78 is 1.67. The number of nitrogens with zero attached hydrogens (tertiary/aromatic N) is 2. The number of rotatable bonds is 3. The van der Waals surface area contributed by atoms with Crippen LogP contribution in [-0.2, 0) is 11.8 Å². The molecule has 0 aliphatic rings. The minimum atomic E-state index is -1.12. The first-order valence-electron chi connectivity index (χ1n) is 5.01. The number of hydrogen-bond donors (Lipinski definition) is 2. The van der Waals surface area contributed by atoms with Crippen LogP contribution in [0.15, 0.2) is 18.2 Å². The molecule has 1 atom stereocenters. The van der Waals surface area contributed by atoms with Gasteiger partial charge in [0.05, 0.1) is 17.5 Å². The van der Waals surface area contributed by atoms with Gasteiger partial charge in [0.15, 0.2) is 0 Å². The molecule has 1 heterocycles. The molecule has 5 nitrogen and oxygen atoms in total. The second-order valence-electron chi connectivity index (χ2n) is 3.78. The summed E-state index contributed by atoms with van der Waals surface area (Å²) in [7, 11) is 1.73. The fourth-order valence-corrected chi connectivity index (χ4v) is 1.91. The first-order valence-corrected chi connectivity index (χ1v) is 5.38. The number of aliphatic hydroxyl groups excluding tert-OH is 1. The SMILES string of the molecule is Cn1c([C@@H](O)CC(=O)O)nc2cc(Cl)ccc21. The number of aliphatic carboxylic acids is 1. The molecule has 6 heteroatoms. The Morgan fingerprint density at radius 1 is 1.59 bits per heavy atom. The number of halogens is 1. The molecule has 0 radical (unpaired) electrons. The highest BCUT2D eigenvalue weighted by Gasteiger charge is 2.18. The highest BCUT2D eigenvalue weighted by Crippen LogP contribution is 2.23. The molecule has 0 fully saturated rings. The number of carboxylic acids is 1. The van der Waals surface area contributed by atoms with Crippen molar-refractivity contribution in [3.05, 3.63) is 29.0 Å². The molecule has 17 heavy (non-hydrogen) atoms. The normalized spacial score (nSPS) is 12.9. The summed E-state index contributed by atoms with van der Waals surface area (Å²) in [6.07, 6.45) is -1.49. The Morgan fingerprint density at radius 2 is 2.29 bits per heavy atom. The molecule has 1 aromatic heterocycles. The average Bonchev–Trinajstić information content (AvgIpc) is 2.54. The topological polar surface area (TPSA) is 75.4 Å². The molecule has 0 bridgehead atoms. The maximum absolute atomic E-state index is 10.5. The fraction of sp³-hybridized carbons (Fsp3) is 0.273. The number of hydrogen-bond acceptors (Lipinski definition) is 3. The standard InChI is InChI=1S/C11H11ClN2O3/c1-14-8-3-2-6(12)4-7(8)13-11(14)9(15)5-10(16)17/h2-4,9,15H,5H2,1H3,(H,16,17)/t9-/m0/s1. The maximum Gasteiger partial charge on any atom is 0.306 e.